The molecule has 1 N–H and O–H groups in total. The number of nitrogens with zero attached hydrogens (tertiary/aromatic N) is 1. The summed E-state index contributed by atoms with van der Waals surface area (Å²) in [6.45, 7) is 1.83. The van der Waals surface area contributed by atoms with Crippen molar-refractivity contribution in [3.8, 4) is 0 Å². The molecule has 2 nitrogen and oxygen atoms in total. The number of aliphatic imine (C=N–C) groups is 1. The Kier molecular flexibility index (Phi) is 3.55. The lowest BCUT2D eigenvalue weighted by Crippen LogP contribution is -2.08. The number of hydrogen-bond donors (Lipinski definition) is 1. The maximum atomic E-state index is 4.31. The van der Waals surface area contributed by atoms with E-state index in [1.165, 1.54) is 11.1 Å². The number of benzene rings is 1. The molecule has 0 amide bonds. The Morgan fingerprint density at radius 3 is 2.87 bits per heavy atom. The van der Waals surface area contributed by atoms with Gasteiger partial charge in [0.15, 0.2) is 0 Å². The molecule has 0 spiro atoms. The van der Waals surface area contributed by atoms with Crippen molar-refractivity contribution in [1.82, 2.24) is 5.32 Å². The molecule has 0 saturated carbocycles. The third-order valence-electron chi connectivity index (χ3n) is 2.47. The van der Waals surface area contributed by atoms with Crippen LogP contribution in [-0.4, -0.2) is 19.3 Å². The van der Waals surface area contributed by atoms with Gasteiger partial charge in [-0.2, -0.15) is 0 Å². The van der Waals surface area contributed by atoms with Crippen molar-refractivity contribution in [1.29, 1.82) is 0 Å². The molecule has 0 unspecified atom stereocenters. The van der Waals surface area contributed by atoms with Gasteiger partial charge in [0.25, 0.3) is 0 Å². The minimum Gasteiger partial charge on any atom is -0.389 e. The lowest BCUT2D eigenvalue weighted by Gasteiger charge is -2.01. The Morgan fingerprint density at radius 1 is 1.13 bits per heavy atom. The molecule has 2 heteroatoms. The normalized spacial score (nSPS) is 15.3. The molecule has 2 rings (SSSR count). The maximum Gasteiger partial charge on any atom is 0.0562 e. The van der Waals surface area contributed by atoms with Crippen LogP contribution in [0.3, 0.4) is 0 Å². The summed E-state index contributed by atoms with van der Waals surface area (Å²) in [6.07, 6.45) is 6.21. The molecule has 0 aliphatic carbocycles. The summed E-state index contributed by atoms with van der Waals surface area (Å²) in [5.41, 5.74) is 2.67. The molecule has 0 saturated heterocycles. The number of nitrogens with one attached hydrogen (secondary N) is 1. The first-order valence-corrected chi connectivity index (χ1v) is 5.41. The predicted molar refractivity (Wildman–Crippen MR) is 64.2 cm³/mol. The van der Waals surface area contributed by atoms with E-state index in [0.29, 0.717) is 0 Å². The highest BCUT2D eigenvalue weighted by Crippen LogP contribution is 2.07. The molecule has 0 fully saturated rings. The summed E-state index contributed by atoms with van der Waals surface area (Å²) in [7, 11) is 0. The van der Waals surface area contributed by atoms with Gasteiger partial charge in [0, 0.05) is 19.0 Å². The van der Waals surface area contributed by atoms with Gasteiger partial charge in [-0.15, -0.1) is 0 Å². The lowest BCUT2D eigenvalue weighted by molar-refractivity contribution is 0.847. The largest absolute Gasteiger partial charge is 0.389 e. The SMILES string of the molecule is C1=NCCNC=C1CCc1ccccc1. The molecular weight excluding hydrogens is 184 g/mol. The molecule has 0 bridgehead atoms. The highest BCUT2D eigenvalue weighted by atomic mass is 14.9. The van der Waals surface area contributed by atoms with Crippen LogP contribution in [0.1, 0.15) is 12.0 Å². The first-order valence-electron chi connectivity index (χ1n) is 5.41. The molecule has 1 aromatic rings. The molecular formula is C13H16N2. The topological polar surface area (TPSA) is 24.4 Å². The van der Waals surface area contributed by atoms with E-state index in [-0.39, 0.29) is 0 Å². The van der Waals surface area contributed by atoms with Crippen molar-refractivity contribution in [2.24, 2.45) is 4.99 Å². The standard InChI is InChI=1S/C13H16N2/c1-2-4-12(5-3-1)6-7-13-10-14-8-9-15-11-13/h1-5,10-11,14H,6-9H2. The molecule has 1 aromatic carbocycles. The molecule has 1 heterocycles. The number of allylic oxidation sites excluding steroid dienone is 1. The molecule has 1 aliphatic rings. The Hall–Kier alpha value is -1.57. The molecule has 0 atom stereocenters. The molecule has 0 radical (unpaired) electrons. The van der Waals surface area contributed by atoms with Crippen LogP contribution in [0.5, 0.6) is 0 Å². The smallest absolute Gasteiger partial charge is 0.0562 e. The third kappa shape index (κ3) is 3.24. The molecule has 1 aliphatic heterocycles. The average Bonchev–Trinajstić information content (AvgIpc) is 2.56. The Labute approximate surface area is 90.7 Å². The second-order valence-corrected chi connectivity index (χ2v) is 3.69. The summed E-state index contributed by atoms with van der Waals surface area (Å²) < 4.78 is 0. The average molecular weight is 200 g/mol. The van der Waals surface area contributed by atoms with Crippen LogP contribution in [0.2, 0.25) is 0 Å². The van der Waals surface area contributed by atoms with Crippen LogP contribution in [0.25, 0.3) is 0 Å². The van der Waals surface area contributed by atoms with E-state index in [9.17, 15) is 0 Å². The van der Waals surface area contributed by atoms with E-state index in [1.54, 1.807) is 0 Å². The van der Waals surface area contributed by atoms with Crippen LogP contribution in [-0.2, 0) is 6.42 Å². The van der Waals surface area contributed by atoms with Crippen molar-refractivity contribution < 1.29 is 0 Å². The van der Waals surface area contributed by atoms with Gasteiger partial charge in [0.1, 0.15) is 0 Å². The maximum absolute atomic E-state index is 4.31. The monoisotopic (exact) mass is 200 g/mol. The minimum absolute atomic E-state index is 0.880. The Morgan fingerprint density at radius 2 is 2.00 bits per heavy atom. The molecule has 78 valence electrons. The van der Waals surface area contributed by atoms with Crippen molar-refractivity contribution in [3.05, 3.63) is 47.7 Å². The zero-order chi connectivity index (χ0) is 10.3. The molecule has 15 heavy (non-hydrogen) atoms. The van der Waals surface area contributed by atoms with Crippen molar-refractivity contribution >= 4 is 6.21 Å². The first kappa shape index (κ1) is 9.97. The zero-order valence-electron chi connectivity index (χ0n) is 8.82. The second kappa shape index (κ2) is 5.35. The van der Waals surface area contributed by atoms with E-state index >= 15 is 0 Å². The van der Waals surface area contributed by atoms with Crippen LogP contribution < -0.4 is 5.32 Å². The fourth-order valence-electron chi connectivity index (χ4n) is 1.62. The van der Waals surface area contributed by atoms with Crippen molar-refractivity contribution in [2.45, 2.75) is 12.8 Å². The van der Waals surface area contributed by atoms with Gasteiger partial charge >= 0.3 is 0 Å². The van der Waals surface area contributed by atoms with Crippen LogP contribution in [0.4, 0.5) is 0 Å². The highest BCUT2D eigenvalue weighted by molar-refractivity contribution is 5.78. The second-order valence-electron chi connectivity index (χ2n) is 3.69. The fourth-order valence-corrected chi connectivity index (χ4v) is 1.62. The first-order chi connectivity index (χ1) is 7.45. The van der Waals surface area contributed by atoms with E-state index < -0.39 is 0 Å². The Bertz CT molecular complexity index is 352. The fraction of sp³-hybridized carbons (Fsp3) is 0.308. The molecule has 0 aromatic heterocycles. The summed E-state index contributed by atoms with van der Waals surface area (Å²) in [4.78, 5) is 4.31. The number of rotatable bonds is 3. The van der Waals surface area contributed by atoms with Gasteiger partial charge in [-0.3, -0.25) is 4.99 Å². The lowest BCUT2D eigenvalue weighted by atomic mass is 10.1. The predicted octanol–water partition coefficient (Wildman–Crippen LogP) is 2.18. The van der Waals surface area contributed by atoms with Gasteiger partial charge < -0.3 is 5.32 Å². The zero-order valence-corrected chi connectivity index (χ0v) is 8.82. The summed E-state index contributed by atoms with van der Waals surface area (Å²) in [5.74, 6) is 0. The van der Waals surface area contributed by atoms with Gasteiger partial charge in [-0.25, -0.2) is 0 Å². The van der Waals surface area contributed by atoms with Gasteiger partial charge in [-0.05, 0) is 24.0 Å². The van der Waals surface area contributed by atoms with Gasteiger partial charge in [0.05, 0.1) is 6.54 Å². The summed E-state index contributed by atoms with van der Waals surface area (Å²) in [6, 6.07) is 10.6. The third-order valence-corrected chi connectivity index (χ3v) is 2.47. The van der Waals surface area contributed by atoms with Crippen LogP contribution in [0.15, 0.2) is 47.1 Å². The van der Waals surface area contributed by atoms with Gasteiger partial charge in [-0.1, -0.05) is 30.3 Å². The summed E-state index contributed by atoms with van der Waals surface area (Å²) >= 11 is 0. The van der Waals surface area contributed by atoms with Crippen molar-refractivity contribution in [3.63, 3.8) is 0 Å². The number of hydrogen-bond acceptors (Lipinski definition) is 2. The minimum atomic E-state index is 0.880. The van der Waals surface area contributed by atoms with Crippen LogP contribution >= 0.6 is 0 Å². The van der Waals surface area contributed by atoms with Crippen LogP contribution in [0, 0.1) is 0 Å². The Balaban J connectivity index is 1.90. The van der Waals surface area contributed by atoms with E-state index in [0.717, 1.165) is 25.9 Å². The van der Waals surface area contributed by atoms with E-state index in [2.05, 4.69) is 46.8 Å². The van der Waals surface area contributed by atoms with E-state index in [1.807, 2.05) is 6.21 Å². The number of aryl methyl sites for hydroxylation is 1. The van der Waals surface area contributed by atoms with Crippen molar-refractivity contribution in [2.75, 3.05) is 13.1 Å². The quantitative estimate of drug-likeness (QED) is 0.794. The summed E-state index contributed by atoms with van der Waals surface area (Å²) in [5, 5.41) is 3.25. The van der Waals surface area contributed by atoms with Gasteiger partial charge in [0.2, 0.25) is 0 Å². The highest BCUT2D eigenvalue weighted by Gasteiger charge is 1.98. The van der Waals surface area contributed by atoms with E-state index in [4.69, 9.17) is 0 Å².